The summed E-state index contributed by atoms with van der Waals surface area (Å²) in [5.74, 6) is 1.30. The number of rotatable bonds is 8. The molecule has 3 atom stereocenters. The SMILES string of the molecule is Cc1ccc(-c2cc(C(C)CC(CC(C)c3cccnc3)c3ccncc3)ccn2)cc1. The molecule has 0 saturated carbocycles. The molecule has 3 nitrogen and oxygen atoms in total. The van der Waals surface area contributed by atoms with Crippen LogP contribution in [0.25, 0.3) is 11.3 Å². The Hall–Kier alpha value is -3.33. The summed E-state index contributed by atoms with van der Waals surface area (Å²) in [5.41, 5.74) is 7.46. The average molecular weight is 422 g/mol. The van der Waals surface area contributed by atoms with Crippen molar-refractivity contribution in [3.63, 3.8) is 0 Å². The van der Waals surface area contributed by atoms with E-state index in [1.54, 1.807) is 0 Å². The van der Waals surface area contributed by atoms with Crippen LogP contribution in [0.4, 0.5) is 0 Å². The zero-order valence-corrected chi connectivity index (χ0v) is 19.1. The van der Waals surface area contributed by atoms with Crippen LogP contribution in [0.3, 0.4) is 0 Å². The Balaban J connectivity index is 1.55. The molecule has 0 radical (unpaired) electrons. The molecule has 0 amide bonds. The first-order chi connectivity index (χ1) is 15.6. The first kappa shape index (κ1) is 21.9. The number of hydrogen-bond donors (Lipinski definition) is 0. The maximum Gasteiger partial charge on any atom is 0.0704 e. The first-order valence-corrected chi connectivity index (χ1v) is 11.4. The molecular formula is C29H31N3. The van der Waals surface area contributed by atoms with Gasteiger partial charge in [-0.3, -0.25) is 15.0 Å². The molecule has 3 heteroatoms. The van der Waals surface area contributed by atoms with Crippen molar-refractivity contribution in [1.29, 1.82) is 0 Å². The Morgan fingerprint density at radius 2 is 1.38 bits per heavy atom. The van der Waals surface area contributed by atoms with Crippen LogP contribution in [0, 0.1) is 6.92 Å². The van der Waals surface area contributed by atoms with Crippen molar-refractivity contribution in [1.82, 2.24) is 15.0 Å². The van der Waals surface area contributed by atoms with Gasteiger partial charge in [-0.2, -0.15) is 0 Å². The summed E-state index contributed by atoms with van der Waals surface area (Å²) in [7, 11) is 0. The number of hydrogen-bond acceptors (Lipinski definition) is 3. The largest absolute Gasteiger partial charge is 0.265 e. The van der Waals surface area contributed by atoms with E-state index in [4.69, 9.17) is 0 Å². The molecule has 0 fully saturated rings. The fraction of sp³-hybridized carbons (Fsp3) is 0.276. The minimum Gasteiger partial charge on any atom is -0.265 e. The summed E-state index contributed by atoms with van der Waals surface area (Å²) in [6.07, 6.45) is 11.7. The van der Waals surface area contributed by atoms with Crippen LogP contribution in [-0.2, 0) is 0 Å². The molecule has 32 heavy (non-hydrogen) atoms. The first-order valence-electron chi connectivity index (χ1n) is 11.4. The minimum absolute atomic E-state index is 0.418. The zero-order valence-electron chi connectivity index (χ0n) is 19.1. The van der Waals surface area contributed by atoms with Crippen molar-refractivity contribution in [2.24, 2.45) is 0 Å². The quantitative estimate of drug-likeness (QED) is 0.299. The Bertz CT molecular complexity index is 1110. The highest BCUT2D eigenvalue weighted by Crippen LogP contribution is 2.37. The Kier molecular flexibility index (Phi) is 7.06. The van der Waals surface area contributed by atoms with Crippen LogP contribution in [0.2, 0.25) is 0 Å². The molecule has 3 aromatic heterocycles. The lowest BCUT2D eigenvalue weighted by Crippen LogP contribution is -2.09. The van der Waals surface area contributed by atoms with E-state index >= 15 is 0 Å². The summed E-state index contributed by atoms with van der Waals surface area (Å²) in [5, 5.41) is 0. The molecule has 0 aliphatic carbocycles. The molecule has 0 aliphatic rings. The van der Waals surface area contributed by atoms with Crippen LogP contribution in [-0.4, -0.2) is 15.0 Å². The lowest BCUT2D eigenvalue weighted by molar-refractivity contribution is 0.488. The van der Waals surface area contributed by atoms with Crippen LogP contribution < -0.4 is 0 Å². The van der Waals surface area contributed by atoms with Gasteiger partial charge in [0.2, 0.25) is 0 Å². The smallest absolute Gasteiger partial charge is 0.0704 e. The van der Waals surface area contributed by atoms with Crippen molar-refractivity contribution >= 4 is 0 Å². The molecule has 4 aromatic rings. The van der Waals surface area contributed by atoms with Gasteiger partial charge in [-0.05, 0) is 84.5 Å². The molecule has 162 valence electrons. The van der Waals surface area contributed by atoms with Crippen molar-refractivity contribution in [3.05, 3.63) is 114 Å². The molecule has 1 aromatic carbocycles. The molecule has 0 bridgehead atoms. The van der Waals surface area contributed by atoms with E-state index in [1.165, 1.54) is 27.8 Å². The van der Waals surface area contributed by atoms with Gasteiger partial charge in [0.05, 0.1) is 5.69 Å². The fourth-order valence-corrected chi connectivity index (χ4v) is 4.43. The minimum atomic E-state index is 0.418. The Labute approximate surface area is 191 Å². The highest BCUT2D eigenvalue weighted by Gasteiger charge is 2.21. The van der Waals surface area contributed by atoms with Gasteiger partial charge in [-0.25, -0.2) is 0 Å². The molecule has 0 aliphatic heterocycles. The van der Waals surface area contributed by atoms with E-state index in [9.17, 15) is 0 Å². The van der Waals surface area contributed by atoms with Crippen LogP contribution in [0.5, 0.6) is 0 Å². The predicted molar refractivity (Wildman–Crippen MR) is 132 cm³/mol. The molecule has 3 unspecified atom stereocenters. The van der Waals surface area contributed by atoms with Gasteiger partial charge in [0, 0.05) is 36.5 Å². The number of benzene rings is 1. The summed E-state index contributed by atoms with van der Waals surface area (Å²) >= 11 is 0. The normalized spacial score (nSPS) is 14.0. The van der Waals surface area contributed by atoms with E-state index in [2.05, 4.69) is 90.3 Å². The van der Waals surface area contributed by atoms with Gasteiger partial charge in [0.15, 0.2) is 0 Å². The monoisotopic (exact) mass is 421 g/mol. The van der Waals surface area contributed by atoms with Crippen LogP contribution in [0.15, 0.2) is 91.6 Å². The Morgan fingerprint density at radius 1 is 0.688 bits per heavy atom. The van der Waals surface area contributed by atoms with E-state index in [0.717, 1.165) is 18.5 Å². The predicted octanol–water partition coefficient (Wildman–Crippen LogP) is 7.32. The standard InChI is InChI=1S/C29H31N3/c1-21-6-8-25(9-7-21)29-19-26(12-16-32-29)22(2)17-28(24-10-14-30-15-11-24)18-23(3)27-5-4-13-31-20-27/h4-16,19-20,22-23,28H,17-18H2,1-3H3. The number of aromatic nitrogens is 3. The third-order valence-electron chi connectivity index (χ3n) is 6.41. The third kappa shape index (κ3) is 5.47. The van der Waals surface area contributed by atoms with Crippen molar-refractivity contribution in [2.45, 2.75) is 51.4 Å². The average Bonchev–Trinajstić information content (AvgIpc) is 2.85. The second-order valence-electron chi connectivity index (χ2n) is 8.88. The van der Waals surface area contributed by atoms with Crippen molar-refractivity contribution in [2.75, 3.05) is 0 Å². The molecule has 4 rings (SSSR count). The maximum absolute atomic E-state index is 4.63. The lowest BCUT2D eigenvalue weighted by atomic mass is 9.80. The summed E-state index contributed by atoms with van der Waals surface area (Å²) < 4.78 is 0. The van der Waals surface area contributed by atoms with Gasteiger partial charge < -0.3 is 0 Å². The summed E-state index contributed by atoms with van der Waals surface area (Å²) in [4.78, 5) is 13.2. The van der Waals surface area contributed by atoms with E-state index < -0.39 is 0 Å². The summed E-state index contributed by atoms with van der Waals surface area (Å²) in [6.45, 7) is 6.75. The van der Waals surface area contributed by atoms with Gasteiger partial charge in [0.1, 0.15) is 0 Å². The maximum atomic E-state index is 4.63. The zero-order chi connectivity index (χ0) is 22.3. The van der Waals surface area contributed by atoms with Crippen LogP contribution >= 0.6 is 0 Å². The molecular weight excluding hydrogens is 390 g/mol. The van der Waals surface area contributed by atoms with Gasteiger partial charge in [-0.15, -0.1) is 0 Å². The van der Waals surface area contributed by atoms with Gasteiger partial charge in [-0.1, -0.05) is 49.7 Å². The molecule has 0 N–H and O–H groups in total. The van der Waals surface area contributed by atoms with Crippen LogP contribution in [0.1, 0.15) is 66.7 Å². The lowest BCUT2D eigenvalue weighted by Gasteiger charge is -2.25. The fourth-order valence-electron chi connectivity index (χ4n) is 4.43. The van der Waals surface area contributed by atoms with Gasteiger partial charge >= 0.3 is 0 Å². The van der Waals surface area contributed by atoms with E-state index in [1.807, 2.05) is 37.1 Å². The van der Waals surface area contributed by atoms with E-state index in [0.29, 0.717) is 17.8 Å². The van der Waals surface area contributed by atoms with Crippen molar-refractivity contribution < 1.29 is 0 Å². The molecule has 3 heterocycles. The third-order valence-corrected chi connectivity index (χ3v) is 6.41. The number of aryl methyl sites for hydroxylation is 1. The highest BCUT2D eigenvalue weighted by atomic mass is 14.7. The van der Waals surface area contributed by atoms with E-state index in [-0.39, 0.29) is 0 Å². The molecule has 0 saturated heterocycles. The summed E-state index contributed by atoms with van der Waals surface area (Å²) in [6, 6.07) is 21.6. The second kappa shape index (κ2) is 10.3. The Morgan fingerprint density at radius 3 is 2.06 bits per heavy atom. The van der Waals surface area contributed by atoms with Crippen molar-refractivity contribution in [3.8, 4) is 11.3 Å². The topological polar surface area (TPSA) is 38.7 Å². The molecule has 0 spiro atoms. The number of pyridine rings is 3. The number of nitrogens with zero attached hydrogens (tertiary/aromatic N) is 3. The second-order valence-corrected chi connectivity index (χ2v) is 8.88. The highest BCUT2D eigenvalue weighted by molar-refractivity contribution is 5.60. The van der Waals surface area contributed by atoms with Gasteiger partial charge in [0.25, 0.3) is 0 Å².